The third kappa shape index (κ3) is 7.61. The molecule has 0 bridgehead atoms. The second-order valence-corrected chi connectivity index (χ2v) is 8.49. The smallest absolute Gasteiger partial charge is 0.123 e. The number of nitrogens with zero attached hydrogens (tertiary/aromatic N) is 1. The largest absolute Gasteiger partial charge is 0.412 e. The maximum absolute atomic E-state index is 9.05. The van der Waals surface area contributed by atoms with Crippen LogP contribution >= 0.6 is 24.0 Å². The lowest BCUT2D eigenvalue weighted by molar-refractivity contribution is 0.298. The molecule has 6 heteroatoms. The molecule has 0 atom stereocenters. The highest BCUT2D eigenvalue weighted by atomic mass is 32.1. The fraction of sp³-hybridized carbons (Fsp3) is 0.160. The van der Waals surface area contributed by atoms with Gasteiger partial charge in [-0.15, -0.1) is 24.0 Å². The minimum atomic E-state index is 0. The second kappa shape index (κ2) is 13.0. The molecule has 0 spiro atoms. The van der Waals surface area contributed by atoms with Gasteiger partial charge in [-0.05, 0) is 37.1 Å². The normalized spacial score (nSPS) is 9.68. The van der Waals surface area contributed by atoms with E-state index in [-0.39, 0.29) is 17.6 Å². The van der Waals surface area contributed by atoms with Crippen LogP contribution in [0.4, 0.5) is 0 Å². The van der Waals surface area contributed by atoms with E-state index in [2.05, 4.69) is 80.0 Å². The fourth-order valence-corrected chi connectivity index (χ4v) is 3.98. The number of aliphatic hydroxyl groups excluding tert-OH is 1. The third-order valence-corrected chi connectivity index (χ3v) is 5.87. The van der Waals surface area contributed by atoms with Crippen molar-refractivity contribution in [2.24, 2.45) is 0 Å². The lowest BCUT2D eigenvalue weighted by Crippen LogP contribution is -1.92. The first-order valence-electron chi connectivity index (χ1n) is 9.55. The van der Waals surface area contributed by atoms with E-state index >= 15 is 0 Å². The van der Waals surface area contributed by atoms with Crippen molar-refractivity contribution in [3.05, 3.63) is 95.0 Å². The molecule has 4 aromatic rings. The number of aliphatic hydroxyl groups is 1. The first kappa shape index (κ1) is 26.6. The Morgan fingerprint density at radius 2 is 1.32 bits per heavy atom. The monoisotopic (exact) mass is 455 g/mol. The number of thiazole rings is 1. The van der Waals surface area contributed by atoms with Crippen LogP contribution in [-0.2, 0) is 6.42 Å². The zero-order valence-electron chi connectivity index (χ0n) is 17.7. The Morgan fingerprint density at radius 3 is 1.87 bits per heavy atom. The van der Waals surface area contributed by atoms with E-state index in [0.29, 0.717) is 6.42 Å². The molecule has 1 aromatic heterocycles. The summed E-state index contributed by atoms with van der Waals surface area (Å²) in [4.78, 5) is 6.84. The van der Waals surface area contributed by atoms with Crippen molar-refractivity contribution in [3.8, 4) is 21.7 Å². The molecule has 5 N–H and O–H groups in total. The van der Waals surface area contributed by atoms with Gasteiger partial charge in [0.05, 0.1) is 5.69 Å². The van der Waals surface area contributed by atoms with Crippen LogP contribution in [0.2, 0.25) is 0 Å². The molecule has 0 aliphatic heterocycles. The summed E-state index contributed by atoms with van der Waals surface area (Å²) in [5.41, 5.74) is 5.85. The van der Waals surface area contributed by atoms with Gasteiger partial charge in [0.25, 0.3) is 0 Å². The molecule has 4 rings (SSSR count). The topological polar surface area (TPSA) is 96.1 Å². The van der Waals surface area contributed by atoms with Crippen molar-refractivity contribution in [2.75, 3.05) is 6.61 Å². The number of hydrogen-bond acceptors (Lipinski definition) is 4. The summed E-state index contributed by atoms with van der Waals surface area (Å²) in [5, 5.41) is 10.1. The lowest BCUT2D eigenvalue weighted by atomic mass is 10.0. The Balaban J connectivity index is 0.000000410. The fourth-order valence-electron chi connectivity index (χ4n) is 2.87. The molecule has 3 aromatic carbocycles. The Hall–Kier alpha value is -2.48. The van der Waals surface area contributed by atoms with E-state index in [4.69, 9.17) is 5.11 Å². The van der Waals surface area contributed by atoms with Crippen molar-refractivity contribution in [2.45, 2.75) is 25.2 Å². The summed E-state index contributed by atoms with van der Waals surface area (Å²) in [6, 6.07) is 26.9. The quantitative estimate of drug-likeness (QED) is 0.426. The Labute approximate surface area is 193 Å². The highest BCUT2D eigenvalue weighted by molar-refractivity contribution is 7.80. The molecule has 0 radical (unpaired) electrons. The molecule has 0 amide bonds. The molecular formula is C25H29NO3S2. The zero-order valence-corrected chi connectivity index (χ0v) is 19.4. The van der Waals surface area contributed by atoms with E-state index in [1.807, 2.05) is 30.3 Å². The van der Waals surface area contributed by atoms with Crippen LogP contribution in [0.1, 0.15) is 16.1 Å². The molecule has 0 aliphatic rings. The molecule has 0 fully saturated rings. The average Bonchev–Trinajstić information content (AvgIpc) is 3.12. The summed E-state index contributed by atoms with van der Waals surface area (Å²) in [5.74, 6) is 0. The molecule has 0 saturated heterocycles. The van der Waals surface area contributed by atoms with Gasteiger partial charge in [-0.3, -0.25) is 0 Å². The number of thiol groups is 1. The molecule has 164 valence electrons. The van der Waals surface area contributed by atoms with Gasteiger partial charge < -0.3 is 16.1 Å². The maximum atomic E-state index is 9.05. The molecule has 31 heavy (non-hydrogen) atoms. The summed E-state index contributed by atoms with van der Waals surface area (Å²) < 4.78 is 0. The number of aromatic nitrogens is 1. The van der Waals surface area contributed by atoms with Crippen LogP contribution in [0.5, 0.6) is 0 Å². The second-order valence-electron chi connectivity index (χ2n) is 6.77. The number of rotatable bonds is 4. The summed E-state index contributed by atoms with van der Waals surface area (Å²) in [6.45, 7) is 4.27. The molecular weight excluding hydrogens is 426 g/mol. The Kier molecular flexibility index (Phi) is 11.2. The Bertz CT molecular complexity index is 1010. The van der Waals surface area contributed by atoms with Crippen LogP contribution in [0.15, 0.2) is 83.8 Å². The van der Waals surface area contributed by atoms with Crippen molar-refractivity contribution >= 4 is 24.0 Å². The SMILES string of the molecule is Cc1ccc(S)cc1.Cc1sc(-c2ccc(-c3ccccc3)cc2)nc1CCO.O.O. The van der Waals surface area contributed by atoms with Gasteiger partial charge >= 0.3 is 0 Å². The Morgan fingerprint density at radius 1 is 0.774 bits per heavy atom. The third-order valence-electron chi connectivity index (χ3n) is 4.51. The minimum absolute atomic E-state index is 0. The zero-order chi connectivity index (χ0) is 20.6. The van der Waals surface area contributed by atoms with E-state index in [0.717, 1.165) is 21.2 Å². The summed E-state index contributed by atoms with van der Waals surface area (Å²) in [7, 11) is 0. The van der Waals surface area contributed by atoms with Gasteiger partial charge in [0.15, 0.2) is 0 Å². The van der Waals surface area contributed by atoms with Gasteiger partial charge in [0.1, 0.15) is 5.01 Å². The van der Waals surface area contributed by atoms with Crippen LogP contribution in [-0.4, -0.2) is 27.6 Å². The van der Waals surface area contributed by atoms with Gasteiger partial charge in [-0.1, -0.05) is 72.3 Å². The maximum Gasteiger partial charge on any atom is 0.123 e. The van der Waals surface area contributed by atoms with Crippen molar-refractivity contribution in [1.82, 2.24) is 4.98 Å². The van der Waals surface area contributed by atoms with Crippen LogP contribution < -0.4 is 0 Å². The van der Waals surface area contributed by atoms with Crippen molar-refractivity contribution in [3.63, 3.8) is 0 Å². The van der Waals surface area contributed by atoms with E-state index in [1.165, 1.54) is 21.6 Å². The summed E-state index contributed by atoms with van der Waals surface area (Å²) in [6.07, 6.45) is 0.629. The predicted molar refractivity (Wildman–Crippen MR) is 134 cm³/mol. The molecule has 0 unspecified atom stereocenters. The first-order chi connectivity index (χ1) is 14.1. The van der Waals surface area contributed by atoms with Crippen molar-refractivity contribution in [1.29, 1.82) is 0 Å². The van der Waals surface area contributed by atoms with Crippen LogP contribution in [0, 0.1) is 13.8 Å². The highest BCUT2D eigenvalue weighted by Crippen LogP contribution is 2.29. The van der Waals surface area contributed by atoms with E-state index < -0.39 is 0 Å². The first-order valence-corrected chi connectivity index (χ1v) is 10.8. The number of benzene rings is 3. The van der Waals surface area contributed by atoms with Gasteiger partial charge in [-0.2, -0.15) is 0 Å². The van der Waals surface area contributed by atoms with E-state index in [9.17, 15) is 0 Å². The number of aryl methyl sites for hydroxylation is 2. The van der Waals surface area contributed by atoms with Crippen molar-refractivity contribution < 1.29 is 16.1 Å². The van der Waals surface area contributed by atoms with Gasteiger partial charge in [0.2, 0.25) is 0 Å². The predicted octanol–water partition coefficient (Wildman–Crippen LogP) is 4.95. The van der Waals surface area contributed by atoms with Crippen LogP contribution in [0.3, 0.4) is 0 Å². The standard InChI is InChI=1S/C18H17NOS.C7H8S.2H2O/c1-13-17(11-12-20)19-18(21-13)16-9-7-15(8-10-16)14-5-3-2-4-6-14;1-6-2-4-7(8)5-3-6;;/h2-10,20H,11-12H2,1H3;2-5,8H,1H3;2*1H2. The summed E-state index contributed by atoms with van der Waals surface area (Å²) >= 11 is 5.82. The molecule has 1 heterocycles. The average molecular weight is 456 g/mol. The lowest BCUT2D eigenvalue weighted by Gasteiger charge is -2.02. The van der Waals surface area contributed by atoms with Gasteiger partial charge in [-0.25, -0.2) is 4.98 Å². The van der Waals surface area contributed by atoms with Gasteiger partial charge in [0, 0.05) is 28.4 Å². The molecule has 4 nitrogen and oxygen atoms in total. The number of hydrogen-bond donors (Lipinski definition) is 2. The highest BCUT2D eigenvalue weighted by Gasteiger charge is 2.09. The van der Waals surface area contributed by atoms with Crippen LogP contribution in [0.25, 0.3) is 21.7 Å². The minimum Gasteiger partial charge on any atom is -0.412 e. The molecule has 0 saturated carbocycles. The molecule has 0 aliphatic carbocycles. The van der Waals surface area contributed by atoms with E-state index in [1.54, 1.807) is 11.3 Å².